The van der Waals surface area contributed by atoms with Gasteiger partial charge < -0.3 is 10.6 Å². The Kier molecular flexibility index (Phi) is 5.49. The lowest BCUT2D eigenvalue weighted by Gasteiger charge is -2.15. The maximum absolute atomic E-state index is 5.96. The highest BCUT2D eigenvalue weighted by Crippen LogP contribution is 2.25. The van der Waals surface area contributed by atoms with Crippen molar-refractivity contribution in [2.24, 2.45) is 0 Å². The number of halogens is 1. The summed E-state index contributed by atoms with van der Waals surface area (Å²) in [5.74, 6) is 1.46. The van der Waals surface area contributed by atoms with Crippen LogP contribution in [-0.4, -0.2) is 21.0 Å². The van der Waals surface area contributed by atoms with Crippen LogP contribution >= 0.6 is 11.6 Å². The molecule has 1 aliphatic carbocycles. The summed E-state index contributed by atoms with van der Waals surface area (Å²) in [4.78, 5) is 13.6. The van der Waals surface area contributed by atoms with Gasteiger partial charge in [-0.05, 0) is 42.7 Å². The van der Waals surface area contributed by atoms with Crippen LogP contribution in [0.25, 0.3) is 11.3 Å². The van der Waals surface area contributed by atoms with E-state index in [1.807, 2.05) is 48.7 Å². The van der Waals surface area contributed by atoms with Crippen molar-refractivity contribution in [3.8, 4) is 11.3 Å². The molecule has 27 heavy (non-hydrogen) atoms. The average Bonchev–Trinajstić information content (AvgIpc) is 3.21. The van der Waals surface area contributed by atoms with Crippen LogP contribution < -0.4 is 10.6 Å². The summed E-state index contributed by atoms with van der Waals surface area (Å²) in [5, 5.41) is 7.64. The molecular weight excluding hydrogens is 358 g/mol. The second-order valence-corrected chi connectivity index (χ2v) is 7.25. The van der Waals surface area contributed by atoms with Crippen molar-refractivity contribution in [1.82, 2.24) is 15.0 Å². The molecule has 1 saturated carbocycles. The van der Waals surface area contributed by atoms with Crippen LogP contribution in [0.3, 0.4) is 0 Å². The van der Waals surface area contributed by atoms with Gasteiger partial charge >= 0.3 is 0 Å². The number of nitrogens with zero attached hydrogens (tertiary/aromatic N) is 3. The van der Waals surface area contributed by atoms with Gasteiger partial charge in [0.05, 0.1) is 5.69 Å². The third kappa shape index (κ3) is 4.74. The first-order valence-electron chi connectivity index (χ1n) is 9.30. The molecular formula is C21H22ClN5. The number of anilines is 2. The van der Waals surface area contributed by atoms with Gasteiger partial charge in [0.15, 0.2) is 0 Å². The predicted octanol–water partition coefficient (Wildman–Crippen LogP) is 5.16. The Morgan fingerprint density at radius 1 is 1.04 bits per heavy atom. The molecule has 0 saturated heterocycles. The second-order valence-electron chi connectivity index (χ2n) is 6.81. The maximum atomic E-state index is 5.96. The van der Waals surface area contributed by atoms with Crippen molar-refractivity contribution in [2.45, 2.75) is 38.3 Å². The van der Waals surface area contributed by atoms with Crippen molar-refractivity contribution in [3.63, 3.8) is 0 Å². The molecule has 1 aromatic carbocycles. The summed E-state index contributed by atoms with van der Waals surface area (Å²) >= 11 is 5.96. The summed E-state index contributed by atoms with van der Waals surface area (Å²) in [6.07, 6.45) is 8.47. The standard InChI is InChI=1S/C21H22ClN5/c22-17-9-7-15(8-10-17)13-24-20-12-19(16-4-3-11-23-14-16)26-21(27-20)25-18-5-1-2-6-18/h3-4,7-12,14,18H,1-2,5-6,13H2,(H2,24,25,26,27). The van der Waals surface area contributed by atoms with Gasteiger partial charge in [-0.1, -0.05) is 36.6 Å². The van der Waals surface area contributed by atoms with Crippen molar-refractivity contribution < 1.29 is 0 Å². The van der Waals surface area contributed by atoms with Crippen LogP contribution in [0.15, 0.2) is 54.9 Å². The molecule has 1 aliphatic rings. The highest BCUT2D eigenvalue weighted by atomic mass is 35.5. The van der Waals surface area contributed by atoms with Crippen molar-refractivity contribution in [3.05, 3.63) is 65.4 Å². The molecule has 0 spiro atoms. The first-order valence-corrected chi connectivity index (χ1v) is 9.68. The molecule has 0 bridgehead atoms. The highest BCUT2D eigenvalue weighted by molar-refractivity contribution is 6.30. The number of aromatic nitrogens is 3. The fourth-order valence-electron chi connectivity index (χ4n) is 3.31. The van der Waals surface area contributed by atoms with Crippen molar-refractivity contribution >= 4 is 23.4 Å². The molecule has 3 aromatic rings. The summed E-state index contributed by atoms with van der Waals surface area (Å²) < 4.78 is 0. The van der Waals surface area contributed by atoms with E-state index in [-0.39, 0.29) is 0 Å². The molecule has 1 fully saturated rings. The number of nitrogens with one attached hydrogen (secondary N) is 2. The molecule has 2 heterocycles. The number of hydrogen-bond acceptors (Lipinski definition) is 5. The van der Waals surface area contributed by atoms with Crippen LogP contribution in [0.2, 0.25) is 5.02 Å². The van der Waals surface area contributed by atoms with Crippen LogP contribution in [0, 0.1) is 0 Å². The largest absolute Gasteiger partial charge is 0.366 e. The minimum absolute atomic E-state index is 0.457. The topological polar surface area (TPSA) is 62.7 Å². The fourth-order valence-corrected chi connectivity index (χ4v) is 3.44. The van der Waals surface area contributed by atoms with E-state index in [4.69, 9.17) is 16.6 Å². The molecule has 0 amide bonds. The Bertz CT molecular complexity index is 877. The molecule has 0 unspecified atom stereocenters. The summed E-state index contributed by atoms with van der Waals surface area (Å²) in [7, 11) is 0. The normalized spacial score (nSPS) is 14.3. The SMILES string of the molecule is Clc1ccc(CNc2cc(-c3cccnc3)nc(NC3CCCC3)n2)cc1. The highest BCUT2D eigenvalue weighted by Gasteiger charge is 2.16. The zero-order chi connectivity index (χ0) is 18.5. The maximum Gasteiger partial charge on any atom is 0.225 e. The molecule has 6 heteroatoms. The molecule has 4 rings (SSSR count). The molecule has 0 atom stereocenters. The van der Waals surface area contributed by atoms with Crippen molar-refractivity contribution in [1.29, 1.82) is 0 Å². The monoisotopic (exact) mass is 379 g/mol. The van der Waals surface area contributed by atoms with Crippen molar-refractivity contribution in [2.75, 3.05) is 10.6 Å². The van der Waals surface area contributed by atoms with Gasteiger partial charge in [-0.25, -0.2) is 4.98 Å². The summed E-state index contributed by atoms with van der Waals surface area (Å²) in [6, 6.07) is 14.2. The van der Waals surface area contributed by atoms with Gasteiger partial charge in [0, 0.05) is 41.6 Å². The zero-order valence-corrected chi connectivity index (χ0v) is 15.8. The number of pyridine rings is 1. The quantitative estimate of drug-likeness (QED) is 0.619. The molecule has 138 valence electrons. The van der Waals surface area contributed by atoms with E-state index in [0.717, 1.165) is 27.7 Å². The lowest BCUT2D eigenvalue weighted by molar-refractivity contribution is 0.744. The van der Waals surface area contributed by atoms with Crippen LogP contribution in [0.4, 0.5) is 11.8 Å². The van der Waals surface area contributed by atoms with E-state index in [2.05, 4.69) is 20.6 Å². The number of hydrogen-bond donors (Lipinski definition) is 2. The first-order chi connectivity index (χ1) is 13.3. The predicted molar refractivity (Wildman–Crippen MR) is 110 cm³/mol. The van der Waals surface area contributed by atoms with Crippen LogP contribution in [-0.2, 0) is 6.54 Å². The summed E-state index contributed by atoms with van der Waals surface area (Å²) in [6.45, 7) is 0.670. The Labute approximate surface area is 164 Å². The molecule has 2 aromatic heterocycles. The molecule has 0 radical (unpaired) electrons. The van der Waals surface area contributed by atoms with E-state index in [0.29, 0.717) is 18.5 Å². The third-order valence-electron chi connectivity index (χ3n) is 4.76. The van der Waals surface area contributed by atoms with Gasteiger partial charge in [-0.2, -0.15) is 4.98 Å². The van der Waals surface area contributed by atoms with Gasteiger partial charge in [-0.3, -0.25) is 4.98 Å². The fraction of sp³-hybridized carbons (Fsp3) is 0.286. The summed E-state index contributed by atoms with van der Waals surface area (Å²) in [5.41, 5.74) is 2.98. The Morgan fingerprint density at radius 2 is 1.85 bits per heavy atom. The minimum atomic E-state index is 0.457. The second kappa shape index (κ2) is 8.35. The molecule has 0 aliphatic heterocycles. The van der Waals surface area contributed by atoms with Crippen LogP contribution in [0.5, 0.6) is 0 Å². The van der Waals surface area contributed by atoms with E-state index in [1.165, 1.54) is 25.7 Å². The first kappa shape index (κ1) is 17.7. The van der Waals surface area contributed by atoms with Gasteiger partial charge in [-0.15, -0.1) is 0 Å². The van der Waals surface area contributed by atoms with Gasteiger partial charge in [0.1, 0.15) is 5.82 Å². The zero-order valence-electron chi connectivity index (χ0n) is 15.0. The number of benzene rings is 1. The Balaban J connectivity index is 1.57. The van der Waals surface area contributed by atoms with Gasteiger partial charge in [0.25, 0.3) is 0 Å². The Hall–Kier alpha value is -2.66. The van der Waals surface area contributed by atoms with E-state index < -0.39 is 0 Å². The Morgan fingerprint density at radius 3 is 2.59 bits per heavy atom. The van der Waals surface area contributed by atoms with E-state index in [9.17, 15) is 0 Å². The minimum Gasteiger partial charge on any atom is -0.366 e. The third-order valence-corrected chi connectivity index (χ3v) is 5.01. The average molecular weight is 380 g/mol. The molecule has 2 N–H and O–H groups in total. The lowest BCUT2D eigenvalue weighted by atomic mass is 10.2. The number of rotatable bonds is 6. The molecule has 5 nitrogen and oxygen atoms in total. The smallest absolute Gasteiger partial charge is 0.225 e. The van der Waals surface area contributed by atoms with E-state index >= 15 is 0 Å². The van der Waals surface area contributed by atoms with Gasteiger partial charge in [0.2, 0.25) is 5.95 Å². The van der Waals surface area contributed by atoms with Crippen LogP contribution in [0.1, 0.15) is 31.2 Å². The van der Waals surface area contributed by atoms with E-state index in [1.54, 1.807) is 6.20 Å². The lowest BCUT2D eigenvalue weighted by Crippen LogP contribution is -2.17.